The maximum atomic E-state index is 13.9. The van der Waals surface area contributed by atoms with E-state index < -0.39 is 39.2 Å². The summed E-state index contributed by atoms with van der Waals surface area (Å²) in [6.07, 6.45) is -3.97. The Morgan fingerprint density at radius 3 is 2.61 bits per heavy atom. The first-order chi connectivity index (χ1) is 15.3. The third-order valence-corrected chi connectivity index (χ3v) is 8.32. The van der Waals surface area contributed by atoms with Crippen molar-refractivity contribution in [1.29, 1.82) is 0 Å². The van der Waals surface area contributed by atoms with Crippen LogP contribution >= 0.6 is 0 Å². The molecule has 3 heterocycles. The minimum atomic E-state index is -4.77. The highest BCUT2D eigenvalue weighted by Gasteiger charge is 2.55. The smallest absolute Gasteiger partial charge is 0.437 e. The van der Waals surface area contributed by atoms with E-state index in [9.17, 15) is 31.1 Å². The van der Waals surface area contributed by atoms with Gasteiger partial charge in [-0.15, -0.1) is 0 Å². The van der Waals surface area contributed by atoms with E-state index in [-0.39, 0.29) is 30.5 Å². The molecular weight excluding hydrogens is 464 g/mol. The lowest BCUT2D eigenvalue weighted by molar-refractivity contribution is -0.142. The molecule has 2 fully saturated rings. The average molecular weight is 489 g/mol. The number of benzene rings is 1. The maximum Gasteiger partial charge on any atom is 0.437 e. The molecule has 0 unspecified atom stereocenters. The molecule has 2 saturated heterocycles. The zero-order valence-electron chi connectivity index (χ0n) is 18.0. The van der Waals surface area contributed by atoms with Gasteiger partial charge in [-0.3, -0.25) is 9.21 Å². The van der Waals surface area contributed by atoms with Crippen LogP contribution in [0.2, 0.25) is 0 Å². The molecule has 7 nitrogen and oxygen atoms in total. The standard InChI is InChI=1S/C21H24F4N4O3S/c1-14-11-20(13-27(2)33(31,32)29(20)17-5-3-4-15(22)10-17)8-9-28(14)12-16-6-7-18(30)19(26-16)21(23,24)25/h3-7,10,14,30H,8-9,11-13H2,1-2H3/t14-,20+/m0/s1. The van der Waals surface area contributed by atoms with Gasteiger partial charge in [-0.05, 0) is 50.1 Å². The third-order valence-electron chi connectivity index (χ3n) is 6.34. The van der Waals surface area contributed by atoms with Crippen molar-refractivity contribution in [3.63, 3.8) is 0 Å². The van der Waals surface area contributed by atoms with Crippen molar-refractivity contribution in [2.75, 3.05) is 24.4 Å². The van der Waals surface area contributed by atoms with Gasteiger partial charge in [0.25, 0.3) is 0 Å². The van der Waals surface area contributed by atoms with E-state index in [0.717, 1.165) is 6.07 Å². The lowest BCUT2D eigenvalue weighted by Crippen LogP contribution is -2.57. The molecule has 0 aliphatic carbocycles. The van der Waals surface area contributed by atoms with E-state index in [1.165, 1.54) is 39.9 Å². The molecule has 2 aromatic rings. The number of piperidine rings is 1. The van der Waals surface area contributed by atoms with Crippen LogP contribution in [0.4, 0.5) is 23.2 Å². The quantitative estimate of drug-likeness (QED) is 0.671. The third kappa shape index (κ3) is 4.26. The minimum Gasteiger partial charge on any atom is -0.506 e. The van der Waals surface area contributed by atoms with Crippen molar-refractivity contribution in [3.8, 4) is 5.75 Å². The van der Waals surface area contributed by atoms with E-state index in [0.29, 0.717) is 19.4 Å². The zero-order chi connectivity index (χ0) is 24.2. The molecule has 1 spiro atoms. The number of alkyl halides is 3. The number of rotatable bonds is 3. The Balaban J connectivity index is 1.59. The van der Waals surface area contributed by atoms with Gasteiger partial charge in [-0.1, -0.05) is 6.07 Å². The first kappa shape index (κ1) is 23.7. The number of anilines is 1. The fourth-order valence-electron chi connectivity index (χ4n) is 4.87. The number of aromatic hydroxyl groups is 1. The molecule has 2 aliphatic heterocycles. The molecule has 12 heteroatoms. The number of aromatic nitrogens is 1. The number of likely N-dealkylation sites (N-methyl/N-ethyl adjacent to an activating group) is 1. The summed E-state index contributed by atoms with van der Waals surface area (Å²) in [4.78, 5) is 5.53. The Hall–Kier alpha value is -2.44. The van der Waals surface area contributed by atoms with Crippen LogP contribution in [0.15, 0.2) is 36.4 Å². The van der Waals surface area contributed by atoms with Gasteiger partial charge in [0.1, 0.15) is 11.6 Å². The highest BCUT2D eigenvalue weighted by molar-refractivity contribution is 7.90. The lowest BCUT2D eigenvalue weighted by Gasteiger charge is -2.47. The van der Waals surface area contributed by atoms with Gasteiger partial charge < -0.3 is 5.11 Å². The van der Waals surface area contributed by atoms with Crippen LogP contribution in [-0.4, -0.2) is 59.4 Å². The summed E-state index contributed by atoms with van der Waals surface area (Å²) < 4.78 is 81.9. The molecule has 33 heavy (non-hydrogen) atoms. The monoisotopic (exact) mass is 488 g/mol. The SMILES string of the molecule is C[C@H]1C[C@]2(CCN1Cc1ccc(O)c(C(F)(F)F)n1)CN(C)S(=O)(=O)N2c1cccc(F)c1. The van der Waals surface area contributed by atoms with Gasteiger partial charge in [-0.2, -0.15) is 25.9 Å². The molecular formula is C21H24F4N4O3S. The van der Waals surface area contributed by atoms with Crippen molar-refractivity contribution in [3.05, 3.63) is 53.6 Å². The lowest BCUT2D eigenvalue weighted by atomic mass is 9.83. The van der Waals surface area contributed by atoms with Gasteiger partial charge in [0.05, 0.1) is 16.9 Å². The van der Waals surface area contributed by atoms with Gasteiger partial charge in [0.2, 0.25) is 0 Å². The molecule has 1 aromatic heterocycles. The number of likely N-dealkylation sites (tertiary alicyclic amines) is 1. The van der Waals surface area contributed by atoms with Crippen molar-refractivity contribution in [2.45, 2.75) is 44.1 Å². The molecule has 1 N–H and O–H groups in total. The molecule has 1 aromatic carbocycles. The van der Waals surface area contributed by atoms with E-state index in [1.54, 1.807) is 6.07 Å². The minimum absolute atomic E-state index is 0.114. The molecule has 4 rings (SSSR count). The number of hydrogen-bond acceptors (Lipinski definition) is 5. The number of hydrogen-bond donors (Lipinski definition) is 1. The predicted octanol–water partition coefficient (Wildman–Crippen LogP) is 3.37. The van der Waals surface area contributed by atoms with Crippen molar-refractivity contribution in [2.24, 2.45) is 0 Å². The summed E-state index contributed by atoms with van der Waals surface area (Å²) >= 11 is 0. The number of pyridine rings is 1. The highest BCUT2D eigenvalue weighted by Crippen LogP contribution is 2.44. The van der Waals surface area contributed by atoms with E-state index in [4.69, 9.17) is 0 Å². The van der Waals surface area contributed by atoms with Crippen LogP contribution < -0.4 is 4.31 Å². The second kappa shape index (κ2) is 8.10. The Morgan fingerprint density at radius 1 is 1.24 bits per heavy atom. The van der Waals surface area contributed by atoms with Crippen LogP contribution in [-0.2, 0) is 22.9 Å². The van der Waals surface area contributed by atoms with Crippen molar-refractivity contribution < 1.29 is 31.1 Å². The zero-order valence-corrected chi connectivity index (χ0v) is 18.9. The first-order valence-electron chi connectivity index (χ1n) is 10.4. The largest absolute Gasteiger partial charge is 0.506 e. The fraction of sp³-hybridized carbons (Fsp3) is 0.476. The predicted molar refractivity (Wildman–Crippen MR) is 113 cm³/mol. The van der Waals surface area contributed by atoms with E-state index in [2.05, 4.69) is 4.98 Å². The normalized spacial score (nSPS) is 26.2. The van der Waals surface area contributed by atoms with Crippen LogP contribution in [0, 0.1) is 5.82 Å². The summed E-state index contributed by atoms with van der Waals surface area (Å²) in [7, 11) is -2.38. The van der Waals surface area contributed by atoms with Gasteiger partial charge in [0.15, 0.2) is 5.69 Å². The van der Waals surface area contributed by atoms with Gasteiger partial charge in [0, 0.05) is 32.7 Å². The summed E-state index contributed by atoms with van der Waals surface area (Å²) in [6.45, 7) is 2.61. The van der Waals surface area contributed by atoms with Gasteiger partial charge >= 0.3 is 16.4 Å². The highest BCUT2D eigenvalue weighted by atomic mass is 32.2. The second-order valence-corrected chi connectivity index (χ2v) is 10.6. The summed E-state index contributed by atoms with van der Waals surface area (Å²) in [5, 5.41) is 9.51. The maximum absolute atomic E-state index is 13.9. The molecule has 0 saturated carbocycles. The first-order valence-corrected chi connectivity index (χ1v) is 11.8. The Bertz CT molecular complexity index is 1160. The van der Waals surface area contributed by atoms with Crippen LogP contribution in [0.25, 0.3) is 0 Å². The Labute approximate surface area is 189 Å². The van der Waals surface area contributed by atoms with Crippen LogP contribution in [0.5, 0.6) is 5.75 Å². The molecule has 0 amide bonds. The summed E-state index contributed by atoms with van der Waals surface area (Å²) in [6, 6.07) is 7.57. The number of halogens is 4. The Kier molecular flexibility index (Phi) is 5.82. The second-order valence-electron chi connectivity index (χ2n) is 8.67. The molecule has 2 aliphatic rings. The molecule has 0 radical (unpaired) electrons. The van der Waals surface area contributed by atoms with Crippen LogP contribution in [0.3, 0.4) is 0 Å². The topological polar surface area (TPSA) is 77.0 Å². The van der Waals surface area contributed by atoms with Crippen LogP contribution in [0.1, 0.15) is 31.2 Å². The summed E-state index contributed by atoms with van der Waals surface area (Å²) in [5.41, 5.74) is -1.74. The summed E-state index contributed by atoms with van der Waals surface area (Å²) in [5.74, 6) is -1.47. The Morgan fingerprint density at radius 2 is 1.97 bits per heavy atom. The molecule has 0 bridgehead atoms. The number of nitrogens with zero attached hydrogens (tertiary/aromatic N) is 4. The average Bonchev–Trinajstić information content (AvgIpc) is 2.89. The van der Waals surface area contributed by atoms with Crippen molar-refractivity contribution >= 4 is 15.9 Å². The molecule has 180 valence electrons. The van der Waals surface area contributed by atoms with Crippen molar-refractivity contribution in [1.82, 2.24) is 14.2 Å². The van der Waals surface area contributed by atoms with E-state index >= 15 is 0 Å². The van der Waals surface area contributed by atoms with E-state index in [1.807, 2.05) is 11.8 Å². The van der Waals surface area contributed by atoms with Gasteiger partial charge in [-0.25, -0.2) is 9.37 Å². The molecule has 2 atom stereocenters. The fourth-order valence-corrected chi connectivity index (χ4v) is 6.64.